The molecule has 9 fully saturated rings. The highest BCUT2D eigenvalue weighted by Crippen LogP contribution is 2.86. The lowest BCUT2D eigenvalue weighted by atomic mass is 9.27. The van der Waals surface area contributed by atoms with Crippen molar-refractivity contribution in [3.63, 3.8) is 0 Å². The number of carbonyl (C=O) groups excluding carboxylic acids is 1. The molecule has 4 aliphatic heterocycles. The highest BCUT2D eigenvalue weighted by Gasteiger charge is 2.88. The first-order chi connectivity index (χ1) is 43.6. The molecule has 11 bridgehead atoms. The van der Waals surface area contributed by atoms with E-state index in [0.29, 0.717) is 55.9 Å². The predicted molar refractivity (Wildman–Crippen MR) is 341 cm³/mol. The number of allylic oxidation sites excluding steroid dienone is 10. The molecular weight excluding hydrogens is 1150 g/mol. The summed E-state index contributed by atoms with van der Waals surface area (Å²) in [6, 6.07) is 0. The maximum atomic E-state index is 17.8. The van der Waals surface area contributed by atoms with Crippen molar-refractivity contribution in [2.75, 3.05) is 13.2 Å². The van der Waals surface area contributed by atoms with Gasteiger partial charge in [0.15, 0.2) is 5.78 Å². The number of fused-ring (bicyclic) bond motifs is 4. The van der Waals surface area contributed by atoms with Gasteiger partial charge >= 0.3 is 0 Å². The monoisotopic (exact) mass is 1250 g/mol. The summed E-state index contributed by atoms with van der Waals surface area (Å²) in [6.07, 6.45) is 32.1. The van der Waals surface area contributed by atoms with Crippen LogP contribution in [0.5, 0.6) is 0 Å². The quantitative estimate of drug-likeness (QED) is 0.0893. The normalized spacial score (nSPS) is 53.2. The number of nitrogens with two attached hydrogens (primary N) is 1. The van der Waals surface area contributed by atoms with Crippen LogP contribution in [0.4, 0.5) is 0 Å². The van der Waals surface area contributed by atoms with Crippen LogP contribution in [0.1, 0.15) is 175 Å². The van der Waals surface area contributed by atoms with E-state index in [2.05, 4.69) is 66.2 Å². The van der Waals surface area contributed by atoms with Gasteiger partial charge in [-0.1, -0.05) is 98.9 Å². The lowest BCUT2D eigenvalue weighted by Gasteiger charge is -2.76. The van der Waals surface area contributed by atoms with Crippen molar-refractivity contribution in [1.82, 2.24) is 10.6 Å². The van der Waals surface area contributed by atoms with Crippen LogP contribution in [-0.2, 0) is 14.3 Å². The molecule has 7 saturated carbocycles. The van der Waals surface area contributed by atoms with Crippen LogP contribution in [0.2, 0.25) is 0 Å². The minimum Gasteiger partial charge on any atom is -0.396 e. The van der Waals surface area contributed by atoms with Crippen LogP contribution >= 0.6 is 0 Å². The number of ether oxygens (including phenoxy) is 2. The number of hydrogen-bond acceptors (Lipinski definition) is 15. The van der Waals surface area contributed by atoms with Gasteiger partial charge in [-0.15, -0.1) is 0 Å². The van der Waals surface area contributed by atoms with Gasteiger partial charge in [-0.3, -0.25) is 4.79 Å². The lowest BCUT2D eigenvalue weighted by Crippen LogP contribution is -2.81. The molecule has 15 heteroatoms. The fraction of sp³-hybridized carbons (Fsp3) is 0.750. The summed E-state index contributed by atoms with van der Waals surface area (Å²) >= 11 is 0. The Bertz CT molecular complexity index is 3360. The number of nitrogens with one attached hydrogen (secondary N) is 2. The Morgan fingerprint density at radius 1 is 0.868 bits per heavy atom. The molecule has 91 heavy (non-hydrogen) atoms. The van der Waals surface area contributed by atoms with Crippen molar-refractivity contribution in [2.24, 2.45) is 92.0 Å². The van der Waals surface area contributed by atoms with Crippen LogP contribution in [0, 0.1) is 86.3 Å². The van der Waals surface area contributed by atoms with E-state index in [1.54, 1.807) is 13.8 Å². The number of rotatable bonds is 11. The van der Waals surface area contributed by atoms with Crippen molar-refractivity contribution in [3.05, 3.63) is 106 Å². The van der Waals surface area contributed by atoms with Crippen LogP contribution in [0.25, 0.3) is 0 Å². The number of dihydropyridines is 1. The van der Waals surface area contributed by atoms with Crippen molar-refractivity contribution in [1.29, 1.82) is 0 Å². The van der Waals surface area contributed by atoms with E-state index in [1.165, 1.54) is 16.7 Å². The highest BCUT2D eigenvalue weighted by molar-refractivity contribution is 6.05. The highest BCUT2D eigenvalue weighted by atomic mass is 16.5. The summed E-state index contributed by atoms with van der Waals surface area (Å²) in [6.45, 7) is 5.57. The van der Waals surface area contributed by atoms with Crippen molar-refractivity contribution >= 4 is 5.78 Å². The molecule has 0 radical (unpaired) electrons. The first-order valence-electron chi connectivity index (χ1n) is 36.3. The zero-order chi connectivity index (χ0) is 63.0. The van der Waals surface area contributed by atoms with Gasteiger partial charge in [-0.05, 0) is 201 Å². The first-order valence-corrected chi connectivity index (χ1v) is 36.3. The van der Waals surface area contributed by atoms with Crippen LogP contribution < -0.4 is 16.4 Å². The van der Waals surface area contributed by atoms with Gasteiger partial charge in [0.05, 0.1) is 82.2 Å². The average Bonchev–Trinajstić information content (AvgIpc) is 1.61. The maximum Gasteiger partial charge on any atom is 0.189 e. The molecule has 0 aromatic carbocycles. The maximum absolute atomic E-state index is 17.8. The van der Waals surface area contributed by atoms with Crippen molar-refractivity contribution < 1.29 is 60.2 Å². The molecule has 19 aliphatic rings. The summed E-state index contributed by atoms with van der Waals surface area (Å²) in [5.41, 5.74) is -4.20. The van der Waals surface area contributed by atoms with Gasteiger partial charge in [0.1, 0.15) is 11.2 Å². The number of aliphatic hydroxyl groups is 9. The predicted octanol–water partition coefficient (Wildman–Crippen LogP) is 7.52. The molecule has 0 amide bonds. The Hall–Kier alpha value is -3.55. The van der Waals surface area contributed by atoms with E-state index in [0.717, 1.165) is 81.9 Å². The molecule has 28 atom stereocenters. The van der Waals surface area contributed by atoms with E-state index in [9.17, 15) is 30.6 Å². The van der Waals surface area contributed by atoms with Crippen LogP contribution in [0.3, 0.4) is 0 Å². The topological polar surface area (TPSA) is 268 Å². The average molecular weight is 1250 g/mol. The Morgan fingerprint density at radius 3 is 2.51 bits per heavy atom. The summed E-state index contributed by atoms with van der Waals surface area (Å²) in [7, 11) is 0. The number of hydrogen-bond donors (Lipinski definition) is 12. The fourth-order valence-corrected chi connectivity index (χ4v) is 26.8. The summed E-state index contributed by atoms with van der Waals surface area (Å²) in [5.74, 6) is -1.44. The van der Waals surface area contributed by atoms with Gasteiger partial charge in [0.2, 0.25) is 0 Å². The van der Waals surface area contributed by atoms with E-state index in [-0.39, 0.29) is 117 Å². The zero-order valence-electron chi connectivity index (χ0n) is 54.0. The molecule has 5 spiro atoms. The van der Waals surface area contributed by atoms with Gasteiger partial charge < -0.3 is 71.8 Å². The van der Waals surface area contributed by atoms with Gasteiger partial charge in [-0.2, -0.15) is 0 Å². The van der Waals surface area contributed by atoms with Gasteiger partial charge in [0, 0.05) is 64.3 Å². The molecule has 2 saturated heterocycles. The second-order valence-corrected chi connectivity index (χ2v) is 33.5. The molecule has 0 aromatic heterocycles. The van der Waals surface area contributed by atoms with E-state index in [1.807, 2.05) is 18.2 Å². The number of Topliss-reactive ketones (excluding diaryl/α,β-unsaturated/α-hetero) is 1. The number of ketones is 1. The minimum atomic E-state index is -2.08. The molecule has 15 nitrogen and oxygen atoms in total. The van der Waals surface area contributed by atoms with E-state index < -0.39 is 103 Å². The summed E-state index contributed by atoms with van der Waals surface area (Å²) in [5, 5.41) is 129. The minimum absolute atomic E-state index is 0.0304. The smallest absolute Gasteiger partial charge is 0.189 e. The lowest BCUT2D eigenvalue weighted by molar-refractivity contribution is -0.303. The van der Waals surface area contributed by atoms with Crippen molar-refractivity contribution in [2.45, 2.75) is 252 Å². The Labute approximate surface area is 537 Å². The second kappa shape index (κ2) is 20.5. The van der Waals surface area contributed by atoms with Gasteiger partial charge in [-0.25, -0.2) is 0 Å². The molecule has 15 aliphatic carbocycles. The Balaban J connectivity index is 0.953. The number of aliphatic hydroxyl groups excluding tert-OH is 5. The fourth-order valence-electron chi connectivity index (χ4n) is 26.8. The van der Waals surface area contributed by atoms with Crippen LogP contribution in [-0.4, -0.2) is 142 Å². The second-order valence-electron chi connectivity index (χ2n) is 33.5. The standard InChI is InChI=1S/C76H103N3O12/c1-4-8-42-13-16-50-62-54(82)11-6-24-76(89,75(62)27-21-44(33-42)64(50)91-75)67(3,86)59-23-26-74(88)65-63(78-38-41(2)81)66(85)69-25-22-46-48-17-18-49-47-9-5-12-57(47)90-58(61(48)49)34-43-14-15-45(35-51(43)46)72(59,74)40-71(87)30-28-68(52-19-20-60(77)79-53(52)10-7-32-80)29-31-73(65,71)70(69,39-68)37-56(84)55(83)36-69/h18-22,25,27-31,41-47,50-51,54-60,62,64,78-84,86-89H,4-17,23-24,26,32-40,77H2,1-3H3. The molecule has 19 rings (SSSR count). The molecule has 0 aromatic rings. The van der Waals surface area contributed by atoms with Crippen LogP contribution in [0.15, 0.2) is 106 Å². The third-order valence-electron chi connectivity index (χ3n) is 29.9. The number of carbonyl (C=O) groups is 1. The zero-order valence-corrected chi connectivity index (χ0v) is 54.0. The Kier molecular flexibility index (Phi) is 13.8. The SMILES string of the molecule is CCCC1CCC2C3OC4(C=CC3C1)C2C(O)CCCC4(O)C(C)(O)C1CCC2(O)C3=C(NCC(C)O)C(=O)C45C=CC6C7=C8C(=CC7)C7CCCC7OC8CC7CCC(CC76)C12CC1(O)C=CC2(C6=C(CCCO)NC(N)C=C6)C=CC31C4(CC(O)C(O)C5)C2. The third-order valence-corrected chi connectivity index (χ3v) is 29.9. The Morgan fingerprint density at radius 2 is 1.69 bits per heavy atom. The first kappa shape index (κ1) is 61.1. The van der Waals surface area contributed by atoms with Gasteiger partial charge in [0.25, 0.3) is 0 Å². The molecular formula is C76H103N3O12. The van der Waals surface area contributed by atoms with E-state index in [4.69, 9.17) is 15.2 Å². The molecule has 494 valence electrons. The largest absolute Gasteiger partial charge is 0.396 e. The molecule has 4 heterocycles. The van der Waals surface area contributed by atoms with Crippen molar-refractivity contribution in [3.8, 4) is 0 Å². The molecule has 28 unspecified atom stereocenters. The summed E-state index contributed by atoms with van der Waals surface area (Å²) < 4.78 is 15.0. The van der Waals surface area contributed by atoms with E-state index >= 15 is 20.1 Å². The molecule has 13 N–H and O–H groups in total. The third kappa shape index (κ3) is 7.51. The summed E-state index contributed by atoms with van der Waals surface area (Å²) in [4.78, 5) is 17.8.